The Kier molecular flexibility index (Phi) is 5.60. The molecule has 8 aromatic carbocycles. The van der Waals surface area contributed by atoms with Crippen LogP contribution in [0.3, 0.4) is 0 Å². The third kappa shape index (κ3) is 5.72. The van der Waals surface area contributed by atoms with Crippen LogP contribution in [0.5, 0.6) is 0 Å². The Bertz CT molecular complexity index is 2680. The molecule has 0 saturated carbocycles. The average molecular weight is 608 g/mol. The summed E-state index contributed by atoms with van der Waals surface area (Å²) in [5, 5.41) is 1.86. The molecule has 0 heterocycles. The maximum atomic E-state index is 9.47. The van der Waals surface area contributed by atoms with Crippen molar-refractivity contribution in [3.63, 3.8) is 0 Å². The fourth-order valence-corrected chi connectivity index (χ4v) is 5.94. The molecule has 0 bridgehead atoms. The molecular formula is C46H33N. The fraction of sp³-hybridized carbons (Fsp3) is 0. The maximum absolute atomic E-state index is 9.47. The van der Waals surface area contributed by atoms with Gasteiger partial charge in [-0.05, 0) is 97.6 Å². The second-order valence-corrected chi connectivity index (χ2v) is 11.1. The number of nitrogens with zero attached hydrogens (tertiary/aromatic N) is 1. The predicted octanol–water partition coefficient (Wildman–Crippen LogP) is 13.0. The summed E-state index contributed by atoms with van der Waals surface area (Å²) in [7, 11) is 0. The normalized spacial score (nSPS) is 13.4. The Labute approximate surface area is 287 Å². The van der Waals surface area contributed by atoms with Crippen LogP contribution in [0, 0.1) is 0 Å². The molecule has 0 radical (unpaired) electrons. The Morgan fingerprint density at radius 1 is 0.340 bits per heavy atom. The molecule has 0 fully saturated rings. The summed E-state index contributed by atoms with van der Waals surface area (Å²) in [6.07, 6.45) is 0. The van der Waals surface area contributed by atoms with Gasteiger partial charge in [-0.2, -0.15) is 0 Å². The standard InChI is InChI=1S/C46H33N/c1-4-13-34(14-5-1)39-18-12-19-40(33-39)35-23-28-42(29-24-35)47(41-20-8-3-9-21-41)43-30-25-37(26-31-43)45-32-27-36-15-10-11-22-44(36)46(45)38-16-6-2-7-17-38/h1-33H/i23D,24D,25D,26D,28D,29D,30D,31D. The van der Waals surface area contributed by atoms with Crippen molar-refractivity contribution in [3.05, 3.63) is 200 Å². The molecule has 0 saturated heterocycles. The van der Waals surface area contributed by atoms with Crippen molar-refractivity contribution >= 4 is 27.8 Å². The van der Waals surface area contributed by atoms with Gasteiger partial charge in [-0.1, -0.05) is 158 Å². The summed E-state index contributed by atoms with van der Waals surface area (Å²) in [4.78, 5) is 1.33. The van der Waals surface area contributed by atoms with Crippen LogP contribution in [0.4, 0.5) is 17.1 Å². The number of fused-ring (bicyclic) bond motifs is 1. The summed E-state index contributed by atoms with van der Waals surface area (Å²) in [5.41, 5.74) is 4.69. The molecule has 0 atom stereocenters. The Hall–Kier alpha value is -6.18. The largest absolute Gasteiger partial charge is 0.311 e. The van der Waals surface area contributed by atoms with E-state index < -0.39 is 0 Å². The zero-order valence-corrected chi connectivity index (χ0v) is 25.4. The lowest BCUT2D eigenvalue weighted by Gasteiger charge is -2.26. The second-order valence-electron chi connectivity index (χ2n) is 11.1. The number of hydrogen-bond acceptors (Lipinski definition) is 1. The van der Waals surface area contributed by atoms with Crippen LogP contribution in [0.25, 0.3) is 55.3 Å². The smallest absolute Gasteiger partial charge is 0.0645 e. The lowest BCUT2D eigenvalue weighted by Crippen LogP contribution is -2.09. The molecule has 0 aliphatic rings. The number of anilines is 3. The van der Waals surface area contributed by atoms with Crippen LogP contribution in [-0.2, 0) is 0 Å². The molecule has 8 rings (SSSR count). The fourth-order valence-electron chi connectivity index (χ4n) is 5.94. The summed E-state index contributed by atoms with van der Waals surface area (Å²) in [6, 6.07) is 44.1. The van der Waals surface area contributed by atoms with Gasteiger partial charge in [0.25, 0.3) is 0 Å². The Morgan fingerprint density at radius 3 is 1.51 bits per heavy atom. The van der Waals surface area contributed by atoms with E-state index in [0.717, 1.165) is 33.0 Å². The molecule has 47 heavy (non-hydrogen) atoms. The van der Waals surface area contributed by atoms with Gasteiger partial charge in [-0.3, -0.25) is 0 Å². The number of para-hydroxylation sites is 1. The topological polar surface area (TPSA) is 3.24 Å². The molecule has 0 N–H and O–H groups in total. The van der Waals surface area contributed by atoms with Crippen molar-refractivity contribution in [1.29, 1.82) is 0 Å². The minimum atomic E-state index is -0.386. The van der Waals surface area contributed by atoms with E-state index in [-0.39, 0.29) is 70.8 Å². The molecule has 0 unspecified atom stereocenters. The molecule has 1 nitrogen and oxygen atoms in total. The van der Waals surface area contributed by atoms with Gasteiger partial charge in [0.15, 0.2) is 0 Å². The number of benzene rings is 8. The lowest BCUT2D eigenvalue weighted by atomic mass is 9.90. The zero-order chi connectivity index (χ0) is 38.4. The summed E-state index contributed by atoms with van der Waals surface area (Å²) in [6.45, 7) is 0. The van der Waals surface area contributed by atoms with Crippen molar-refractivity contribution < 1.29 is 11.0 Å². The van der Waals surface area contributed by atoms with Crippen molar-refractivity contribution in [2.24, 2.45) is 0 Å². The van der Waals surface area contributed by atoms with Gasteiger partial charge in [-0.25, -0.2) is 0 Å². The van der Waals surface area contributed by atoms with Gasteiger partial charge in [0.1, 0.15) is 0 Å². The van der Waals surface area contributed by atoms with Crippen molar-refractivity contribution in [2.75, 3.05) is 4.90 Å². The first kappa shape index (κ1) is 20.8. The molecule has 0 aromatic heterocycles. The van der Waals surface area contributed by atoms with Crippen LogP contribution >= 0.6 is 0 Å². The predicted molar refractivity (Wildman–Crippen MR) is 200 cm³/mol. The quantitative estimate of drug-likeness (QED) is 0.174. The van der Waals surface area contributed by atoms with E-state index in [4.69, 9.17) is 0 Å². The first-order valence-corrected chi connectivity index (χ1v) is 15.5. The molecular weight excluding hydrogens is 567 g/mol. The van der Waals surface area contributed by atoms with Crippen LogP contribution in [0.15, 0.2) is 200 Å². The molecule has 0 aliphatic carbocycles. The molecule has 222 valence electrons. The number of rotatable bonds is 7. The van der Waals surface area contributed by atoms with Gasteiger partial charge in [0.2, 0.25) is 0 Å². The van der Waals surface area contributed by atoms with Gasteiger partial charge >= 0.3 is 0 Å². The van der Waals surface area contributed by atoms with Crippen LogP contribution in [0.2, 0.25) is 0 Å². The van der Waals surface area contributed by atoms with Crippen molar-refractivity contribution in [2.45, 2.75) is 0 Å². The highest BCUT2D eigenvalue weighted by molar-refractivity contribution is 6.04. The van der Waals surface area contributed by atoms with Gasteiger partial charge in [0, 0.05) is 17.1 Å². The minimum absolute atomic E-state index is 0.115. The second kappa shape index (κ2) is 12.7. The molecule has 0 amide bonds. The van der Waals surface area contributed by atoms with E-state index in [9.17, 15) is 11.0 Å². The monoisotopic (exact) mass is 607 g/mol. The zero-order valence-electron chi connectivity index (χ0n) is 33.4. The van der Waals surface area contributed by atoms with E-state index in [1.54, 1.807) is 36.4 Å². The molecule has 8 aromatic rings. The summed E-state index contributed by atoms with van der Waals surface area (Å²) >= 11 is 0. The highest BCUT2D eigenvalue weighted by Crippen LogP contribution is 2.41. The van der Waals surface area contributed by atoms with E-state index >= 15 is 0 Å². The van der Waals surface area contributed by atoms with Gasteiger partial charge in [-0.15, -0.1) is 0 Å². The highest BCUT2D eigenvalue weighted by Gasteiger charge is 2.15. The van der Waals surface area contributed by atoms with E-state index in [0.29, 0.717) is 16.8 Å². The first-order valence-electron chi connectivity index (χ1n) is 19.5. The van der Waals surface area contributed by atoms with Gasteiger partial charge < -0.3 is 4.90 Å². The minimum Gasteiger partial charge on any atom is -0.311 e. The first-order chi connectivity index (χ1) is 26.7. The molecule has 0 aliphatic heterocycles. The molecule has 0 spiro atoms. The molecule has 1 heteroatoms. The number of hydrogen-bond donors (Lipinski definition) is 0. The van der Waals surface area contributed by atoms with Crippen LogP contribution in [0.1, 0.15) is 11.0 Å². The van der Waals surface area contributed by atoms with E-state index in [1.807, 2.05) is 115 Å². The maximum Gasteiger partial charge on any atom is 0.0645 e. The highest BCUT2D eigenvalue weighted by atomic mass is 15.1. The van der Waals surface area contributed by atoms with Crippen LogP contribution in [-0.4, -0.2) is 0 Å². The average Bonchev–Trinajstić information content (AvgIpc) is 3.23. The van der Waals surface area contributed by atoms with Crippen molar-refractivity contribution in [1.82, 2.24) is 0 Å². The Morgan fingerprint density at radius 2 is 0.851 bits per heavy atom. The Balaban J connectivity index is 1.36. The lowest BCUT2D eigenvalue weighted by molar-refractivity contribution is 1.28. The third-order valence-electron chi connectivity index (χ3n) is 8.20. The van der Waals surface area contributed by atoms with E-state index in [1.165, 1.54) is 4.90 Å². The van der Waals surface area contributed by atoms with E-state index in [2.05, 4.69) is 0 Å². The van der Waals surface area contributed by atoms with Crippen molar-refractivity contribution in [3.8, 4) is 44.5 Å². The van der Waals surface area contributed by atoms with Crippen LogP contribution < -0.4 is 4.90 Å². The third-order valence-corrected chi connectivity index (χ3v) is 8.20. The summed E-state index contributed by atoms with van der Waals surface area (Å²) < 4.78 is 75.0. The SMILES string of the molecule is [2H]c1c([2H])c(N(c2ccccc2)c2c([2H])c([2H])c(-c3ccc4ccccc4c3-c3ccccc3)c([2H])c2[2H])c([2H])c([2H])c1-c1cccc(-c2ccccc2)c1. The summed E-state index contributed by atoms with van der Waals surface area (Å²) in [5.74, 6) is 0. The van der Waals surface area contributed by atoms with Gasteiger partial charge in [0.05, 0.1) is 11.0 Å².